The fourth-order valence-electron chi connectivity index (χ4n) is 2.69. The maximum Gasteiger partial charge on any atom is 0.315 e. The van der Waals surface area contributed by atoms with E-state index in [4.69, 9.17) is 17.3 Å². The smallest absolute Gasteiger partial charge is 0.315 e. The van der Waals surface area contributed by atoms with Crippen LogP contribution in [0.2, 0.25) is 0 Å². The third-order valence-corrected chi connectivity index (χ3v) is 4.64. The lowest BCUT2D eigenvalue weighted by molar-refractivity contribution is -0.125. The van der Waals surface area contributed by atoms with E-state index < -0.39 is 29.1 Å². The van der Waals surface area contributed by atoms with Gasteiger partial charge in [0.25, 0.3) is 0 Å². The molecule has 0 radical (unpaired) electrons. The highest BCUT2D eigenvalue weighted by Crippen LogP contribution is 2.13. The monoisotopic (exact) mass is 395 g/mol. The van der Waals surface area contributed by atoms with Crippen molar-refractivity contribution >= 4 is 29.3 Å². The number of nitrogens with one attached hydrogen (secondary N) is 2. The Morgan fingerprint density at radius 2 is 1.81 bits per heavy atom. The summed E-state index contributed by atoms with van der Waals surface area (Å²) in [4.78, 5) is 35.9. The van der Waals surface area contributed by atoms with E-state index in [2.05, 4.69) is 17.6 Å². The Morgan fingerprint density at radius 1 is 1.11 bits per heavy atom. The number of hydrogen-bond donors (Lipinski definition) is 3. The van der Waals surface area contributed by atoms with Gasteiger partial charge in [0.2, 0.25) is 5.91 Å². The number of alkyl halides is 1. The van der Waals surface area contributed by atoms with Gasteiger partial charge in [0.1, 0.15) is 0 Å². The van der Waals surface area contributed by atoms with Crippen LogP contribution >= 0.6 is 11.6 Å². The second-order valence-corrected chi connectivity index (χ2v) is 7.10. The van der Waals surface area contributed by atoms with E-state index in [1.165, 1.54) is 0 Å². The van der Waals surface area contributed by atoms with Crippen molar-refractivity contribution in [2.75, 3.05) is 6.54 Å². The molecule has 0 saturated carbocycles. The molecule has 0 aromatic heterocycles. The summed E-state index contributed by atoms with van der Waals surface area (Å²) >= 11 is 6.23. The molecular weight excluding hydrogens is 366 g/mol. The molecule has 0 bridgehead atoms. The summed E-state index contributed by atoms with van der Waals surface area (Å²) in [5.41, 5.74) is 6.29. The molecule has 1 aromatic carbocycles. The van der Waals surface area contributed by atoms with Crippen molar-refractivity contribution in [1.29, 1.82) is 0 Å². The summed E-state index contributed by atoms with van der Waals surface area (Å²) in [5.74, 6) is -1.06. The number of Topliss-reactive ketones (excluding diaryl/α,β-unsaturated/α-hetero) is 1. The first-order chi connectivity index (χ1) is 12.9. The topological polar surface area (TPSA) is 101 Å². The number of aryl methyl sites for hydroxylation is 1. The van der Waals surface area contributed by atoms with Crippen LogP contribution in [0.15, 0.2) is 30.3 Å². The first-order valence-corrected chi connectivity index (χ1v) is 9.92. The lowest BCUT2D eigenvalue weighted by Crippen LogP contribution is -2.50. The van der Waals surface area contributed by atoms with Crippen LogP contribution in [0, 0.1) is 0 Å². The first kappa shape index (κ1) is 23.0. The molecule has 7 heteroatoms. The van der Waals surface area contributed by atoms with Crippen LogP contribution in [0.5, 0.6) is 0 Å². The summed E-state index contributed by atoms with van der Waals surface area (Å²) in [5, 5.41) is 4.43. The van der Waals surface area contributed by atoms with Crippen LogP contribution in [0.4, 0.5) is 4.79 Å². The number of urea groups is 1. The standard InChI is InChI=1S/C20H30ClN3O3/c1-2-3-4-8-13-23-20(27)24-17(14-18(22)25)19(26)16(21)12-11-15-9-6-5-7-10-15/h5-7,9-10,16-17H,2-4,8,11-14H2,1H3,(H2,22,25)(H2,23,24,27)/t16?,17-/m1/s1. The maximum absolute atomic E-state index is 12.6. The van der Waals surface area contributed by atoms with Crippen LogP contribution < -0.4 is 16.4 Å². The van der Waals surface area contributed by atoms with Crippen LogP contribution in [-0.2, 0) is 16.0 Å². The number of nitrogens with two attached hydrogens (primary N) is 1. The van der Waals surface area contributed by atoms with Crippen LogP contribution in [-0.4, -0.2) is 35.7 Å². The number of carbonyl (C=O) groups excluding carboxylic acids is 3. The molecule has 0 aliphatic rings. The van der Waals surface area contributed by atoms with Gasteiger partial charge in [0.15, 0.2) is 5.78 Å². The maximum atomic E-state index is 12.6. The van der Waals surface area contributed by atoms with Crippen LogP contribution in [0.3, 0.4) is 0 Å². The molecule has 0 aliphatic heterocycles. The third kappa shape index (κ3) is 9.99. The van der Waals surface area contributed by atoms with E-state index in [0.29, 0.717) is 19.4 Å². The van der Waals surface area contributed by atoms with Gasteiger partial charge in [-0.15, -0.1) is 11.6 Å². The van der Waals surface area contributed by atoms with Crippen molar-refractivity contribution < 1.29 is 14.4 Å². The van der Waals surface area contributed by atoms with Gasteiger partial charge < -0.3 is 16.4 Å². The molecule has 0 spiro atoms. The van der Waals surface area contributed by atoms with Gasteiger partial charge in [0.05, 0.1) is 17.8 Å². The van der Waals surface area contributed by atoms with Gasteiger partial charge in [-0.1, -0.05) is 56.5 Å². The average Bonchev–Trinajstić information content (AvgIpc) is 2.65. The van der Waals surface area contributed by atoms with Crippen LogP contribution in [0.25, 0.3) is 0 Å². The molecule has 0 heterocycles. The highest BCUT2D eigenvalue weighted by atomic mass is 35.5. The number of carbonyl (C=O) groups is 3. The fourth-order valence-corrected chi connectivity index (χ4v) is 2.95. The second kappa shape index (κ2) is 13.1. The highest BCUT2D eigenvalue weighted by Gasteiger charge is 2.28. The van der Waals surface area contributed by atoms with Gasteiger partial charge in [-0.2, -0.15) is 0 Å². The molecule has 1 rings (SSSR count). The van der Waals surface area contributed by atoms with Crippen molar-refractivity contribution in [3.05, 3.63) is 35.9 Å². The lowest BCUT2D eigenvalue weighted by atomic mass is 10.0. The van der Waals surface area contributed by atoms with Gasteiger partial charge >= 0.3 is 6.03 Å². The Bertz CT molecular complexity index is 595. The minimum atomic E-state index is -1.02. The van der Waals surface area contributed by atoms with Gasteiger partial charge in [-0.3, -0.25) is 9.59 Å². The number of halogens is 1. The second-order valence-electron chi connectivity index (χ2n) is 6.58. The fraction of sp³-hybridized carbons (Fsp3) is 0.550. The van der Waals surface area contributed by atoms with Gasteiger partial charge in [0, 0.05) is 6.54 Å². The van der Waals surface area contributed by atoms with E-state index in [1.807, 2.05) is 30.3 Å². The van der Waals surface area contributed by atoms with Crippen molar-refractivity contribution in [2.45, 2.75) is 63.3 Å². The number of benzene rings is 1. The Balaban J connectivity index is 2.51. The molecule has 150 valence electrons. The summed E-state index contributed by atoms with van der Waals surface area (Å²) in [6.07, 6.45) is 4.90. The highest BCUT2D eigenvalue weighted by molar-refractivity contribution is 6.32. The summed E-state index contributed by atoms with van der Waals surface area (Å²) in [7, 11) is 0. The summed E-state index contributed by atoms with van der Waals surface area (Å²) in [6, 6.07) is 8.17. The zero-order chi connectivity index (χ0) is 20.1. The van der Waals surface area contributed by atoms with E-state index in [9.17, 15) is 14.4 Å². The van der Waals surface area contributed by atoms with Crippen molar-refractivity contribution in [3.63, 3.8) is 0 Å². The molecular formula is C20H30ClN3O3. The molecule has 0 saturated heterocycles. The van der Waals surface area contributed by atoms with E-state index >= 15 is 0 Å². The molecule has 2 atom stereocenters. The number of primary amides is 1. The van der Waals surface area contributed by atoms with E-state index in [-0.39, 0.29) is 6.42 Å². The predicted octanol–water partition coefficient (Wildman–Crippen LogP) is 2.92. The minimum Gasteiger partial charge on any atom is -0.370 e. The first-order valence-electron chi connectivity index (χ1n) is 9.48. The number of amides is 3. The number of unbranched alkanes of at least 4 members (excludes halogenated alkanes) is 3. The Kier molecular flexibility index (Phi) is 11.2. The minimum absolute atomic E-state index is 0.267. The number of rotatable bonds is 13. The lowest BCUT2D eigenvalue weighted by Gasteiger charge is -2.19. The normalized spacial score (nSPS) is 12.8. The van der Waals surface area contributed by atoms with E-state index in [0.717, 1.165) is 31.2 Å². The number of hydrogen-bond acceptors (Lipinski definition) is 3. The molecule has 4 N–H and O–H groups in total. The Labute approximate surface area is 166 Å². The largest absolute Gasteiger partial charge is 0.370 e. The zero-order valence-electron chi connectivity index (χ0n) is 15.9. The zero-order valence-corrected chi connectivity index (χ0v) is 16.6. The van der Waals surface area contributed by atoms with Gasteiger partial charge in [-0.25, -0.2) is 4.79 Å². The van der Waals surface area contributed by atoms with Crippen molar-refractivity contribution in [2.24, 2.45) is 5.73 Å². The van der Waals surface area contributed by atoms with Crippen molar-refractivity contribution in [1.82, 2.24) is 10.6 Å². The summed E-state index contributed by atoms with van der Waals surface area (Å²) < 4.78 is 0. The third-order valence-electron chi connectivity index (χ3n) is 4.21. The molecule has 3 amide bonds. The quantitative estimate of drug-likeness (QED) is 0.353. The molecule has 0 fully saturated rings. The molecule has 1 aromatic rings. The van der Waals surface area contributed by atoms with E-state index in [1.54, 1.807) is 0 Å². The summed E-state index contributed by atoms with van der Waals surface area (Å²) in [6.45, 7) is 2.63. The van der Waals surface area contributed by atoms with Crippen LogP contribution in [0.1, 0.15) is 51.0 Å². The molecule has 6 nitrogen and oxygen atoms in total. The molecule has 0 aliphatic carbocycles. The predicted molar refractivity (Wildman–Crippen MR) is 108 cm³/mol. The molecule has 27 heavy (non-hydrogen) atoms. The van der Waals surface area contributed by atoms with Crippen molar-refractivity contribution in [3.8, 4) is 0 Å². The Morgan fingerprint density at radius 3 is 2.44 bits per heavy atom. The SMILES string of the molecule is CCCCCCNC(=O)N[C@H](CC(N)=O)C(=O)C(Cl)CCc1ccccc1. The number of ketones is 1. The average molecular weight is 396 g/mol. The Hall–Kier alpha value is -2.08. The van der Waals surface area contributed by atoms with Gasteiger partial charge in [-0.05, 0) is 24.8 Å². The molecule has 1 unspecified atom stereocenters.